The van der Waals surface area contributed by atoms with Crippen LogP contribution in [-0.4, -0.2) is 11.6 Å². The number of ether oxygens (including phenoxy) is 1. The maximum atomic E-state index is 10.3. The van der Waals surface area contributed by atoms with Crippen LogP contribution in [0.4, 0.5) is 0 Å². The molecule has 1 unspecified atom stereocenters. The molecule has 1 aliphatic heterocycles. The lowest BCUT2D eigenvalue weighted by molar-refractivity contribution is -0.129. The number of hydrogen-bond donors (Lipinski definition) is 0. The molecule has 0 radical (unpaired) electrons. The van der Waals surface area contributed by atoms with Gasteiger partial charge in [-0.15, -0.1) is 0 Å². The van der Waals surface area contributed by atoms with Crippen LogP contribution < -0.4 is 0 Å². The van der Waals surface area contributed by atoms with Crippen molar-refractivity contribution in [3.63, 3.8) is 0 Å². The van der Waals surface area contributed by atoms with Gasteiger partial charge in [-0.05, 0) is 9.24 Å². The van der Waals surface area contributed by atoms with Crippen LogP contribution in [0.25, 0.3) is 0 Å². The third kappa shape index (κ3) is 0.771. The van der Waals surface area contributed by atoms with Gasteiger partial charge >= 0.3 is 5.97 Å². The smallest absolute Gasteiger partial charge is 0.363 e. The van der Waals surface area contributed by atoms with Crippen LogP contribution in [-0.2, 0) is 9.53 Å². The Morgan fingerprint density at radius 1 is 1.75 bits per heavy atom. The molecule has 42 valence electrons. The summed E-state index contributed by atoms with van der Waals surface area (Å²) in [7, 11) is 2.17. The Hall–Kier alpha value is -0.690. The summed E-state index contributed by atoms with van der Waals surface area (Å²) >= 11 is 0. The minimum Gasteiger partial charge on any atom is -0.403 e. The van der Waals surface area contributed by atoms with Gasteiger partial charge in [0.05, 0.1) is 0 Å². The van der Waals surface area contributed by atoms with Crippen molar-refractivity contribution in [2.24, 2.45) is 4.99 Å². The Balaban J connectivity index is 2.85. The predicted octanol–water partition coefficient (Wildman–Crippen LogP) is 0.288. The topological polar surface area (TPSA) is 38.7 Å². The summed E-state index contributed by atoms with van der Waals surface area (Å²) in [4.78, 5) is 13.9. The highest BCUT2D eigenvalue weighted by Crippen LogP contribution is 2.10. The maximum absolute atomic E-state index is 10.3. The largest absolute Gasteiger partial charge is 0.403 e. The minimum absolute atomic E-state index is 0.162. The highest BCUT2D eigenvalue weighted by molar-refractivity contribution is 7.40. The molecule has 0 amide bonds. The Morgan fingerprint density at radius 2 is 2.38 bits per heavy atom. The summed E-state index contributed by atoms with van der Waals surface area (Å²) in [6.45, 7) is 3.31. The van der Waals surface area contributed by atoms with Gasteiger partial charge in [0, 0.05) is 0 Å². The molecule has 1 aliphatic rings. The van der Waals surface area contributed by atoms with E-state index in [1.54, 1.807) is 0 Å². The van der Waals surface area contributed by atoms with Gasteiger partial charge in [-0.1, -0.05) is 6.58 Å². The molecule has 8 heavy (non-hydrogen) atoms. The molecule has 0 aromatic rings. The first-order valence-corrected chi connectivity index (χ1v) is 2.53. The van der Waals surface area contributed by atoms with Crippen molar-refractivity contribution in [3.8, 4) is 0 Å². The quantitative estimate of drug-likeness (QED) is 0.268. The molecule has 1 rings (SSSR count). The zero-order valence-electron chi connectivity index (χ0n) is 4.05. The van der Waals surface area contributed by atoms with Crippen LogP contribution in [0.3, 0.4) is 0 Å². The lowest BCUT2D eigenvalue weighted by Crippen LogP contribution is -1.96. The Labute approximate surface area is 48.6 Å². The van der Waals surface area contributed by atoms with E-state index in [2.05, 4.69) is 25.5 Å². The van der Waals surface area contributed by atoms with Crippen LogP contribution in [0.15, 0.2) is 17.3 Å². The molecule has 0 spiro atoms. The Morgan fingerprint density at radius 3 is 2.50 bits per heavy atom. The van der Waals surface area contributed by atoms with Crippen LogP contribution in [0.5, 0.6) is 0 Å². The highest BCUT2D eigenvalue weighted by Gasteiger charge is 2.16. The second-order valence-corrected chi connectivity index (χ2v) is 1.78. The molecule has 1 heterocycles. The zero-order chi connectivity index (χ0) is 6.15. The summed E-state index contributed by atoms with van der Waals surface area (Å²) in [5, 5.41) is 0. The SMILES string of the molecule is C=C1N=C(P)OC1=O. The maximum Gasteiger partial charge on any atom is 0.363 e. The van der Waals surface area contributed by atoms with Gasteiger partial charge < -0.3 is 4.74 Å². The highest BCUT2D eigenvalue weighted by atomic mass is 31.0. The first-order valence-electron chi connectivity index (χ1n) is 1.95. The van der Waals surface area contributed by atoms with E-state index in [4.69, 9.17) is 0 Å². The van der Waals surface area contributed by atoms with E-state index in [0.29, 0.717) is 5.64 Å². The number of cyclic esters (lactones) is 1. The number of nitrogens with zero attached hydrogens (tertiary/aromatic N) is 1. The van der Waals surface area contributed by atoms with Crippen molar-refractivity contribution >= 4 is 20.8 Å². The fourth-order valence-electron chi connectivity index (χ4n) is 0.355. The lowest BCUT2D eigenvalue weighted by Gasteiger charge is -1.84. The first kappa shape index (κ1) is 5.45. The monoisotopic (exact) mass is 129 g/mol. The van der Waals surface area contributed by atoms with Crippen molar-refractivity contribution < 1.29 is 9.53 Å². The Bertz CT molecular complexity index is 184. The van der Waals surface area contributed by atoms with Gasteiger partial charge in [0.15, 0.2) is 0 Å². The van der Waals surface area contributed by atoms with E-state index in [0.717, 1.165) is 0 Å². The molecular weight excluding hydrogens is 125 g/mol. The van der Waals surface area contributed by atoms with Crippen LogP contribution in [0.2, 0.25) is 0 Å². The van der Waals surface area contributed by atoms with Crippen molar-refractivity contribution in [2.45, 2.75) is 0 Å². The lowest BCUT2D eigenvalue weighted by atomic mass is 10.5. The number of carbonyl (C=O) groups excluding carboxylic acids is 1. The van der Waals surface area contributed by atoms with Crippen molar-refractivity contribution in [1.29, 1.82) is 0 Å². The standard InChI is InChI=1S/C4H4NO2P/c1-2-3(6)7-4(8)5-2/h1,8H2. The second kappa shape index (κ2) is 1.67. The van der Waals surface area contributed by atoms with E-state index >= 15 is 0 Å². The number of aliphatic imine (C=N–C) groups is 1. The van der Waals surface area contributed by atoms with Gasteiger partial charge in [-0.25, -0.2) is 9.79 Å². The average Bonchev–Trinajstić information content (AvgIpc) is 1.85. The van der Waals surface area contributed by atoms with E-state index < -0.39 is 5.97 Å². The molecule has 0 saturated heterocycles. The molecule has 0 fully saturated rings. The average molecular weight is 129 g/mol. The molecular formula is C4H4NO2P. The molecule has 0 aromatic heterocycles. The van der Waals surface area contributed by atoms with E-state index in [1.165, 1.54) is 0 Å². The Kier molecular flexibility index (Phi) is 1.14. The summed E-state index contributed by atoms with van der Waals surface area (Å²) in [6.07, 6.45) is 0. The van der Waals surface area contributed by atoms with Gasteiger partial charge in [-0.3, -0.25) is 0 Å². The van der Waals surface area contributed by atoms with Crippen molar-refractivity contribution in [1.82, 2.24) is 0 Å². The summed E-state index contributed by atoms with van der Waals surface area (Å²) in [5.41, 5.74) is 0.454. The number of carbonyl (C=O) groups is 1. The van der Waals surface area contributed by atoms with Crippen LogP contribution >= 0.6 is 9.24 Å². The summed E-state index contributed by atoms with van der Waals surface area (Å²) in [5.74, 6) is -0.463. The molecule has 0 aliphatic carbocycles. The van der Waals surface area contributed by atoms with Crippen LogP contribution in [0.1, 0.15) is 0 Å². The molecule has 0 saturated carbocycles. The second-order valence-electron chi connectivity index (χ2n) is 1.29. The fourth-order valence-corrected chi connectivity index (χ4v) is 0.618. The molecule has 0 N–H and O–H groups in total. The van der Waals surface area contributed by atoms with E-state index in [9.17, 15) is 4.79 Å². The zero-order valence-corrected chi connectivity index (χ0v) is 5.20. The molecule has 1 atom stereocenters. The molecule has 0 aromatic carbocycles. The molecule has 3 nitrogen and oxygen atoms in total. The minimum atomic E-state index is -0.463. The van der Waals surface area contributed by atoms with Gasteiger partial charge in [-0.2, -0.15) is 0 Å². The van der Waals surface area contributed by atoms with Gasteiger partial charge in [0.1, 0.15) is 5.70 Å². The van der Waals surface area contributed by atoms with Gasteiger partial charge in [0.2, 0.25) is 5.64 Å². The van der Waals surface area contributed by atoms with Gasteiger partial charge in [0.25, 0.3) is 0 Å². The molecule has 0 bridgehead atoms. The normalized spacial score (nSPS) is 18.4. The number of rotatable bonds is 0. The summed E-state index contributed by atoms with van der Waals surface area (Å²) < 4.78 is 4.45. The predicted molar refractivity (Wildman–Crippen MR) is 32.4 cm³/mol. The number of hydrogen-bond acceptors (Lipinski definition) is 3. The fraction of sp³-hybridized carbons (Fsp3) is 0. The van der Waals surface area contributed by atoms with Crippen LogP contribution in [0, 0.1) is 0 Å². The summed E-state index contributed by atoms with van der Waals surface area (Å²) in [6, 6.07) is 0. The van der Waals surface area contributed by atoms with Crippen molar-refractivity contribution in [2.75, 3.05) is 0 Å². The number of esters is 1. The van der Waals surface area contributed by atoms with E-state index in [-0.39, 0.29) is 5.70 Å². The third-order valence-electron chi connectivity index (χ3n) is 0.678. The van der Waals surface area contributed by atoms with E-state index in [1.807, 2.05) is 0 Å². The first-order chi connectivity index (χ1) is 3.70. The third-order valence-corrected chi connectivity index (χ3v) is 0.925. The molecule has 4 heteroatoms. The van der Waals surface area contributed by atoms with Crippen molar-refractivity contribution in [3.05, 3.63) is 12.3 Å².